The van der Waals surface area contributed by atoms with Gasteiger partial charge < -0.3 is 0 Å². The minimum absolute atomic E-state index is 0.290. The molecule has 4 heteroatoms. The number of alkyl halides is 3. The van der Waals surface area contributed by atoms with Crippen molar-refractivity contribution in [1.82, 2.24) is 0 Å². The van der Waals surface area contributed by atoms with E-state index < -0.39 is 6.18 Å². The second-order valence-corrected chi connectivity index (χ2v) is 4.06. The van der Waals surface area contributed by atoms with Gasteiger partial charge in [0.25, 0.3) is 0 Å². The van der Waals surface area contributed by atoms with Crippen molar-refractivity contribution in [2.75, 3.05) is 5.75 Å². The van der Waals surface area contributed by atoms with Crippen LogP contribution in [0.2, 0.25) is 0 Å². The Morgan fingerprint density at radius 2 is 1.80 bits per heavy atom. The first-order valence-electron chi connectivity index (χ1n) is 4.50. The van der Waals surface area contributed by atoms with E-state index in [1.54, 1.807) is 11.8 Å². The van der Waals surface area contributed by atoms with Gasteiger partial charge in [-0.25, -0.2) is 0 Å². The zero-order valence-electron chi connectivity index (χ0n) is 8.00. The summed E-state index contributed by atoms with van der Waals surface area (Å²) in [5.41, 5.74) is 0. The Balaban J connectivity index is 2.21. The van der Waals surface area contributed by atoms with Gasteiger partial charge in [0, 0.05) is 16.7 Å². The third-order valence-electron chi connectivity index (χ3n) is 1.60. The summed E-state index contributed by atoms with van der Waals surface area (Å²) < 4.78 is 35.1. The molecule has 0 aromatic heterocycles. The summed E-state index contributed by atoms with van der Waals surface area (Å²) in [6.07, 6.45) is -2.30. The molecule has 0 fully saturated rings. The molecular weight excluding hydrogens is 221 g/mol. The Morgan fingerprint density at radius 1 is 1.13 bits per heavy atom. The van der Waals surface area contributed by atoms with Crippen molar-refractivity contribution in [3.05, 3.63) is 42.5 Å². The molecule has 82 valence electrons. The monoisotopic (exact) mass is 232 g/mol. The van der Waals surface area contributed by atoms with Crippen LogP contribution < -0.4 is 0 Å². The fourth-order valence-electron chi connectivity index (χ4n) is 0.979. The van der Waals surface area contributed by atoms with E-state index in [4.69, 9.17) is 0 Å². The minimum Gasteiger partial charge on any atom is -0.167 e. The summed E-state index contributed by atoms with van der Waals surface area (Å²) in [4.78, 5) is 1.08. The Bertz CT molecular complexity index is 303. The van der Waals surface area contributed by atoms with E-state index in [-0.39, 0.29) is 0 Å². The Morgan fingerprint density at radius 3 is 2.40 bits per heavy atom. The van der Waals surface area contributed by atoms with Crippen molar-refractivity contribution in [2.45, 2.75) is 17.5 Å². The Labute approximate surface area is 91.2 Å². The second-order valence-electron chi connectivity index (χ2n) is 2.89. The molecule has 0 amide bonds. The summed E-state index contributed by atoms with van der Waals surface area (Å²) in [7, 11) is 0. The molecule has 0 aliphatic rings. The minimum atomic E-state index is -4.18. The number of allylic oxidation sites excluding steroid dienone is 2. The van der Waals surface area contributed by atoms with Crippen molar-refractivity contribution in [1.29, 1.82) is 0 Å². The highest BCUT2D eigenvalue weighted by molar-refractivity contribution is 7.99. The molecule has 0 heterocycles. The number of halogens is 3. The zero-order valence-corrected chi connectivity index (χ0v) is 8.81. The van der Waals surface area contributed by atoms with Gasteiger partial charge >= 0.3 is 6.18 Å². The Hall–Kier alpha value is -0.900. The van der Waals surface area contributed by atoms with Gasteiger partial charge in [0.1, 0.15) is 0 Å². The maximum Gasteiger partial charge on any atom is 0.409 e. The summed E-state index contributed by atoms with van der Waals surface area (Å²) >= 11 is 1.55. The first-order valence-corrected chi connectivity index (χ1v) is 5.49. The van der Waals surface area contributed by atoms with Gasteiger partial charge in [-0.05, 0) is 18.6 Å². The molecular formula is C11H11F3S. The molecule has 0 aliphatic heterocycles. The van der Waals surface area contributed by atoms with E-state index in [1.807, 2.05) is 30.3 Å². The molecule has 1 rings (SSSR count). The lowest BCUT2D eigenvalue weighted by Gasteiger charge is -1.99. The van der Waals surface area contributed by atoms with Crippen LogP contribution in [-0.4, -0.2) is 11.9 Å². The zero-order chi connectivity index (χ0) is 11.1. The van der Waals surface area contributed by atoms with Crippen molar-refractivity contribution < 1.29 is 13.2 Å². The third kappa shape index (κ3) is 6.23. The molecule has 0 N–H and O–H groups in total. The number of hydrogen-bond acceptors (Lipinski definition) is 1. The van der Waals surface area contributed by atoms with E-state index in [2.05, 4.69) is 0 Å². The lowest BCUT2D eigenvalue weighted by atomic mass is 10.4. The fourth-order valence-corrected chi connectivity index (χ4v) is 1.82. The maximum atomic E-state index is 11.7. The highest BCUT2D eigenvalue weighted by Crippen LogP contribution is 2.19. The molecule has 0 unspecified atom stereocenters. The van der Waals surface area contributed by atoms with E-state index in [0.717, 1.165) is 11.0 Å². The van der Waals surface area contributed by atoms with E-state index in [0.29, 0.717) is 18.2 Å². The number of rotatable bonds is 4. The molecule has 0 nitrogen and oxygen atoms in total. The van der Waals surface area contributed by atoms with Crippen LogP contribution in [0.15, 0.2) is 47.4 Å². The smallest absolute Gasteiger partial charge is 0.167 e. The molecule has 0 radical (unpaired) electrons. The molecule has 0 aliphatic carbocycles. The quantitative estimate of drug-likeness (QED) is 0.424. The molecule has 0 saturated carbocycles. The van der Waals surface area contributed by atoms with Crippen LogP contribution in [-0.2, 0) is 0 Å². The lowest BCUT2D eigenvalue weighted by molar-refractivity contribution is -0.0800. The average molecular weight is 232 g/mol. The number of thioether (sulfide) groups is 1. The van der Waals surface area contributed by atoms with Crippen LogP contribution in [0.1, 0.15) is 6.42 Å². The molecule has 0 spiro atoms. The van der Waals surface area contributed by atoms with Crippen LogP contribution in [0.3, 0.4) is 0 Å². The number of benzene rings is 1. The van der Waals surface area contributed by atoms with E-state index in [9.17, 15) is 13.2 Å². The summed E-state index contributed by atoms with van der Waals surface area (Å²) in [5, 5.41) is 0. The van der Waals surface area contributed by atoms with Gasteiger partial charge in [-0.15, -0.1) is 11.8 Å². The van der Waals surface area contributed by atoms with Crippen LogP contribution in [0, 0.1) is 0 Å². The van der Waals surface area contributed by atoms with E-state index >= 15 is 0 Å². The predicted molar refractivity (Wildman–Crippen MR) is 57.0 cm³/mol. The molecule has 1 aromatic rings. The average Bonchev–Trinajstić information content (AvgIpc) is 2.17. The van der Waals surface area contributed by atoms with Gasteiger partial charge in [0.15, 0.2) is 0 Å². The van der Waals surface area contributed by atoms with Gasteiger partial charge in [0.05, 0.1) is 0 Å². The lowest BCUT2D eigenvalue weighted by Crippen LogP contribution is -2.00. The van der Waals surface area contributed by atoms with Crippen molar-refractivity contribution in [3.8, 4) is 0 Å². The normalized spacial score (nSPS) is 12.2. The van der Waals surface area contributed by atoms with Gasteiger partial charge in [-0.1, -0.05) is 24.3 Å². The first kappa shape index (κ1) is 12.2. The van der Waals surface area contributed by atoms with Crippen LogP contribution in [0.4, 0.5) is 13.2 Å². The first-order chi connectivity index (χ1) is 7.08. The topological polar surface area (TPSA) is 0 Å². The van der Waals surface area contributed by atoms with Gasteiger partial charge in [-0.2, -0.15) is 13.2 Å². The molecule has 15 heavy (non-hydrogen) atoms. The maximum absolute atomic E-state index is 11.7. The largest absolute Gasteiger partial charge is 0.409 e. The van der Waals surface area contributed by atoms with Gasteiger partial charge in [-0.3, -0.25) is 0 Å². The van der Waals surface area contributed by atoms with Crippen molar-refractivity contribution in [2.24, 2.45) is 0 Å². The van der Waals surface area contributed by atoms with Crippen LogP contribution in [0.25, 0.3) is 0 Å². The summed E-state index contributed by atoms with van der Waals surface area (Å²) in [5.74, 6) is 0.663. The number of hydrogen-bond donors (Lipinski definition) is 0. The fraction of sp³-hybridized carbons (Fsp3) is 0.273. The molecule has 1 aromatic carbocycles. The molecule has 0 atom stereocenters. The Kier molecular flexibility index (Phi) is 4.75. The SMILES string of the molecule is FC(F)(F)/C=C\CCSc1ccccc1. The summed E-state index contributed by atoms with van der Waals surface area (Å²) in [6, 6.07) is 9.62. The van der Waals surface area contributed by atoms with Crippen LogP contribution >= 0.6 is 11.8 Å². The molecule has 0 bridgehead atoms. The highest BCUT2D eigenvalue weighted by Gasteiger charge is 2.21. The standard InChI is InChI=1S/C11H11F3S/c12-11(13,14)8-4-5-9-15-10-6-2-1-3-7-10/h1-4,6-8H,5,9H2/b8-4-. The predicted octanol–water partition coefficient (Wildman–Crippen LogP) is 4.29. The van der Waals surface area contributed by atoms with Crippen molar-refractivity contribution >= 4 is 11.8 Å². The third-order valence-corrected chi connectivity index (χ3v) is 2.65. The van der Waals surface area contributed by atoms with Crippen molar-refractivity contribution in [3.63, 3.8) is 0 Å². The van der Waals surface area contributed by atoms with Crippen LogP contribution in [0.5, 0.6) is 0 Å². The highest BCUT2D eigenvalue weighted by atomic mass is 32.2. The molecule has 0 saturated heterocycles. The van der Waals surface area contributed by atoms with E-state index in [1.165, 1.54) is 0 Å². The van der Waals surface area contributed by atoms with Gasteiger partial charge in [0.2, 0.25) is 0 Å². The second kappa shape index (κ2) is 5.85. The summed E-state index contributed by atoms with van der Waals surface area (Å²) in [6.45, 7) is 0.